The highest BCUT2D eigenvalue weighted by atomic mass is 32.2. The number of nitriles is 1. The third-order valence-electron chi connectivity index (χ3n) is 5.90. The zero-order valence-electron chi connectivity index (χ0n) is 19.8. The molecular weight excluding hydrogens is 517 g/mol. The van der Waals surface area contributed by atoms with Crippen LogP contribution in [0.1, 0.15) is 29.9 Å². The minimum atomic E-state index is -4.52. The molecule has 0 spiro atoms. The van der Waals surface area contributed by atoms with Crippen molar-refractivity contribution in [3.05, 3.63) is 99.9 Å². The second-order valence-electron chi connectivity index (χ2n) is 8.22. The summed E-state index contributed by atoms with van der Waals surface area (Å²) in [6.07, 6.45) is -4.52. The Labute approximate surface area is 219 Å². The minimum absolute atomic E-state index is 0.0761. The van der Waals surface area contributed by atoms with Crippen LogP contribution < -0.4 is 5.73 Å². The summed E-state index contributed by atoms with van der Waals surface area (Å²) in [6, 6.07) is 17.9. The lowest BCUT2D eigenvalue weighted by Crippen LogP contribution is -2.38. The molecule has 0 bridgehead atoms. The highest BCUT2D eigenvalue weighted by molar-refractivity contribution is 8.17. The predicted octanol–water partition coefficient (Wildman–Crippen LogP) is 6.05. The summed E-state index contributed by atoms with van der Waals surface area (Å²) in [7, 11) is 0. The van der Waals surface area contributed by atoms with Gasteiger partial charge in [0.15, 0.2) is 5.17 Å². The summed E-state index contributed by atoms with van der Waals surface area (Å²) < 4.78 is 51.4. The Morgan fingerprint density at radius 1 is 1.16 bits per heavy atom. The van der Waals surface area contributed by atoms with Gasteiger partial charge < -0.3 is 14.9 Å². The molecular formula is C27H19F3N4O3S. The molecule has 2 N–H and O–H groups in total. The van der Waals surface area contributed by atoms with E-state index < -0.39 is 23.8 Å². The average Bonchev–Trinajstić information content (AvgIpc) is 3.53. The van der Waals surface area contributed by atoms with Crippen molar-refractivity contribution in [1.29, 1.82) is 5.26 Å². The predicted molar refractivity (Wildman–Crippen MR) is 136 cm³/mol. The third kappa shape index (κ3) is 4.43. The van der Waals surface area contributed by atoms with E-state index >= 15 is 0 Å². The number of nitrogens with two attached hydrogens (primary N) is 1. The van der Waals surface area contributed by atoms with Crippen molar-refractivity contribution in [3.8, 4) is 17.4 Å². The maximum atomic E-state index is 13.4. The van der Waals surface area contributed by atoms with Crippen molar-refractivity contribution in [2.75, 3.05) is 6.61 Å². The molecule has 0 aliphatic carbocycles. The Hall–Kier alpha value is -4.43. The Morgan fingerprint density at radius 3 is 2.58 bits per heavy atom. The van der Waals surface area contributed by atoms with Gasteiger partial charge in [0.1, 0.15) is 34.4 Å². The maximum absolute atomic E-state index is 13.4. The van der Waals surface area contributed by atoms with E-state index in [9.17, 15) is 23.2 Å². The smallest absolute Gasteiger partial charge is 0.416 e. The number of furan rings is 1. The molecule has 192 valence electrons. The number of benzene rings is 2. The van der Waals surface area contributed by atoms with E-state index in [-0.39, 0.29) is 40.0 Å². The summed E-state index contributed by atoms with van der Waals surface area (Å²) in [5, 5.41) is 9.97. The van der Waals surface area contributed by atoms with Crippen LogP contribution in [0.15, 0.2) is 92.4 Å². The monoisotopic (exact) mass is 536 g/mol. The lowest BCUT2D eigenvalue weighted by molar-refractivity contribution is -0.139. The number of esters is 1. The molecule has 2 aliphatic heterocycles. The fourth-order valence-corrected chi connectivity index (χ4v) is 5.10. The molecule has 3 heterocycles. The molecule has 0 saturated heterocycles. The number of carbonyl (C=O) groups is 1. The Balaban J connectivity index is 1.70. The van der Waals surface area contributed by atoms with E-state index in [1.54, 1.807) is 37.3 Å². The SMILES string of the molecule is CCOC(=O)C1=C(c2ccccc2)N=C2SC(C#N)=C(N)N2[C@@H]1c1ccc(-c2cccc(C(F)(F)F)c2)o1. The van der Waals surface area contributed by atoms with Crippen LogP contribution >= 0.6 is 11.8 Å². The van der Waals surface area contributed by atoms with Gasteiger partial charge in [0, 0.05) is 11.1 Å². The van der Waals surface area contributed by atoms with Crippen LogP contribution in [0.2, 0.25) is 0 Å². The number of allylic oxidation sites excluding steroid dienone is 1. The first kappa shape index (κ1) is 25.2. The molecule has 38 heavy (non-hydrogen) atoms. The number of halogens is 3. The number of rotatable bonds is 5. The molecule has 3 aromatic rings. The number of carbonyl (C=O) groups excluding carboxylic acids is 1. The second-order valence-corrected chi connectivity index (χ2v) is 9.20. The summed E-state index contributed by atoms with van der Waals surface area (Å²) in [5.41, 5.74) is 6.77. The lowest BCUT2D eigenvalue weighted by atomic mass is 9.96. The van der Waals surface area contributed by atoms with E-state index in [0.717, 1.165) is 23.9 Å². The summed E-state index contributed by atoms with van der Waals surface area (Å²) in [5.74, 6) is -0.217. The van der Waals surface area contributed by atoms with Crippen LogP contribution in [0.5, 0.6) is 0 Å². The number of aliphatic imine (C=N–C) groups is 1. The van der Waals surface area contributed by atoms with Crippen LogP contribution in [0, 0.1) is 11.3 Å². The summed E-state index contributed by atoms with van der Waals surface area (Å²) >= 11 is 1.05. The number of ether oxygens (including phenoxy) is 1. The van der Waals surface area contributed by atoms with Crippen LogP contribution in [0.4, 0.5) is 13.2 Å². The number of hydrogen-bond donors (Lipinski definition) is 1. The van der Waals surface area contributed by atoms with Gasteiger partial charge in [-0.25, -0.2) is 9.79 Å². The number of alkyl halides is 3. The number of nitrogens with zero attached hydrogens (tertiary/aromatic N) is 3. The molecule has 0 amide bonds. The molecule has 2 aliphatic rings. The number of thioether (sulfide) groups is 1. The zero-order valence-corrected chi connectivity index (χ0v) is 20.6. The summed E-state index contributed by atoms with van der Waals surface area (Å²) in [4.78, 5) is 19.7. The Kier molecular flexibility index (Phi) is 6.50. The van der Waals surface area contributed by atoms with E-state index in [2.05, 4.69) is 4.99 Å². The van der Waals surface area contributed by atoms with Crippen LogP contribution in [-0.4, -0.2) is 22.6 Å². The molecule has 5 rings (SSSR count). The van der Waals surface area contributed by atoms with Crippen LogP contribution in [-0.2, 0) is 15.7 Å². The first-order chi connectivity index (χ1) is 18.2. The van der Waals surface area contributed by atoms with Gasteiger partial charge in [0.25, 0.3) is 0 Å². The van der Waals surface area contributed by atoms with Gasteiger partial charge in [0.05, 0.1) is 23.4 Å². The van der Waals surface area contributed by atoms with Gasteiger partial charge in [-0.1, -0.05) is 42.5 Å². The van der Waals surface area contributed by atoms with Gasteiger partial charge >= 0.3 is 12.1 Å². The summed E-state index contributed by atoms with van der Waals surface area (Å²) in [6.45, 7) is 1.75. The van der Waals surface area contributed by atoms with Gasteiger partial charge in [0.2, 0.25) is 0 Å². The van der Waals surface area contributed by atoms with Crippen molar-refractivity contribution >= 4 is 28.6 Å². The third-order valence-corrected chi connectivity index (χ3v) is 6.88. The normalized spacial score (nSPS) is 17.3. The molecule has 1 aromatic heterocycles. The van der Waals surface area contributed by atoms with Gasteiger partial charge in [-0.15, -0.1) is 0 Å². The molecule has 1 atom stereocenters. The van der Waals surface area contributed by atoms with Crippen molar-refractivity contribution in [2.45, 2.75) is 19.1 Å². The highest BCUT2D eigenvalue weighted by Crippen LogP contribution is 2.48. The van der Waals surface area contributed by atoms with E-state index in [4.69, 9.17) is 14.9 Å². The van der Waals surface area contributed by atoms with Crippen molar-refractivity contribution in [2.24, 2.45) is 10.7 Å². The van der Waals surface area contributed by atoms with Crippen LogP contribution in [0.25, 0.3) is 17.0 Å². The van der Waals surface area contributed by atoms with Gasteiger partial charge in [-0.2, -0.15) is 18.4 Å². The van der Waals surface area contributed by atoms with Crippen molar-refractivity contribution in [1.82, 2.24) is 4.90 Å². The maximum Gasteiger partial charge on any atom is 0.416 e. The number of hydrogen-bond acceptors (Lipinski definition) is 8. The zero-order chi connectivity index (χ0) is 27.0. The van der Waals surface area contributed by atoms with Gasteiger partial charge in [-0.3, -0.25) is 4.90 Å². The molecule has 0 fully saturated rings. The molecule has 2 aromatic carbocycles. The molecule has 0 saturated carbocycles. The molecule has 0 radical (unpaired) electrons. The molecule has 0 unspecified atom stereocenters. The van der Waals surface area contributed by atoms with E-state index in [1.165, 1.54) is 23.1 Å². The number of fused-ring (bicyclic) bond motifs is 1. The second kappa shape index (κ2) is 9.79. The fraction of sp³-hybridized carbons (Fsp3) is 0.148. The quantitative estimate of drug-likeness (QED) is 0.396. The van der Waals surface area contributed by atoms with Gasteiger partial charge in [-0.05, 0) is 43.0 Å². The minimum Gasteiger partial charge on any atom is -0.463 e. The lowest BCUT2D eigenvalue weighted by Gasteiger charge is -2.33. The van der Waals surface area contributed by atoms with Crippen molar-refractivity contribution in [3.63, 3.8) is 0 Å². The van der Waals surface area contributed by atoms with E-state index in [0.29, 0.717) is 16.4 Å². The average molecular weight is 537 g/mol. The number of amidine groups is 1. The van der Waals surface area contributed by atoms with Crippen LogP contribution in [0.3, 0.4) is 0 Å². The molecule has 7 nitrogen and oxygen atoms in total. The van der Waals surface area contributed by atoms with E-state index in [1.807, 2.05) is 12.1 Å². The van der Waals surface area contributed by atoms with Crippen molar-refractivity contribution < 1.29 is 27.1 Å². The molecule has 11 heteroatoms. The fourth-order valence-electron chi connectivity index (χ4n) is 4.23. The Bertz CT molecular complexity index is 1550. The topological polar surface area (TPSA) is 105 Å². The first-order valence-corrected chi connectivity index (χ1v) is 12.2. The Morgan fingerprint density at radius 2 is 1.89 bits per heavy atom. The standard InChI is InChI=1S/C27H19F3N4O3S/c1-2-36-25(35)21-22(15-7-4-3-5-8-15)33-26-34(24(32)20(14-31)38-26)23(21)19-12-11-18(37-19)16-9-6-10-17(13-16)27(28,29)30/h3-13,23H,2,32H2,1H3/t23-/m1/s1. The highest BCUT2D eigenvalue weighted by Gasteiger charge is 2.45. The first-order valence-electron chi connectivity index (χ1n) is 11.4. The largest absolute Gasteiger partial charge is 0.463 e.